The molecule has 0 aromatic heterocycles. The fourth-order valence-electron chi connectivity index (χ4n) is 3.39. The van der Waals surface area contributed by atoms with Gasteiger partial charge in [-0.05, 0) is 32.0 Å². The molecule has 1 aromatic carbocycles. The minimum absolute atomic E-state index is 0. The van der Waals surface area contributed by atoms with Crippen LogP contribution < -0.4 is 26.4 Å². The molecular formula is C17H28ClN5O. The van der Waals surface area contributed by atoms with Crippen LogP contribution in [0.15, 0.2) is 30.3 Å². The maximum absolute atomic E-state index is 12.5. The third-order valence-corrected chi connectivity index (χ3v) is 5.06. The molecule has 0 saturated carbocycles. The maximum Gasteiger partial charge on any atom is 0.238 e. The highest BCUT2D eigenvalue weighted by molar-refractivity contribution is 5.85. The summed E-state index contributed by atoms with van der Waals surface area (Å²) in [5.41, 5.74) is 7.59. The fourth-order valence-corrected chi connectivity index (χ4v) is 3.39. The lowest BCUT2D eigenvalue weighted by atomic mass is 9.89. The van der Waals surface area contributed by atoms with Gasteiger partial charge >= 0.3 is 0 Å². The summed E-state index contributed by atoms with van der Waals surface area (Å²) < 4.78 is 0. The number of hydrogen-bond donors (Lipinski definition) is 4. The summed E-state index contributed by atoms with van der Waals surface area (Å²) in [6.45, 7) is 4.66. The summed E-state index contributed by atoms with van der Waals surface area (Å²) in [4.78, 5) is 14.7. The Hall–Kier alpha value is -1.34. The molecule has 3 rings (SSSR count). The molecule has 2 aliphatic rings. The monoisotopic (exact) mass is 353 g/mol. The second kappa shape index (κ2) is 8.67. The molecule has 0 bridgehead atoms. The number of halogens is 1. The van der Waals surface area contributed by atoms with E-state index < -0.39 is 0 Å². The van der Waals surface area contributed by atoms with Crippen molar-refractivity contribution in [2.24, 2.45) is 5.92 Å². The normalized spacial score (nSPS) is 26.8. The van der Waals surface area contributed by atoms with Crippen LogP contribution in [-0.2, 0) is 4.79 Å². The predicted molar refractivity (Wildman–Crippen MR) is 99.4 cm³/mol. The number of anilines is 1. The number of nitrogens with zero attached hydrogens (tertiary/aromatic N) is 1. The summed E-state index contributed by atoms with van der Waals surface area (Å²) in [6, 6.07) is 10.7. The number of amides is 1. The summed E-state index contributed by atoms with van der Waals surface area (Å²) in [5.74, 6) is 0.410. The zero-order valence-electron chi connectivity index (χ0n) is 14.3. The van der Waals surface area contributed by atoms with Crippen LogP contribution >= 0.6 is 12.4 Å². The van der Waals surface area contributed by atoms with Crippen LogP contribution in [0.5, 0.6) is 0 Å². The van der Waals surface area contributed by atoms with Gasteiger partial charge in [0.1, 0.15) is 6.04 Å². The number of nitrogens with one attached hydrogen (secondary N) is 4. The fraction of sp³-hybridized carbons (Fsp3) is 0.588. The van der Waals surface area contributed by atoms with Crippen molar-refractivity contribution in [1.29, 1.82) is 0 Å². The Morgan fingerprint density at radius 2 is 2.08 bits per heavy atom. The molecule has 134 valence electrons. The van der Waals surface area contributed by atoms with Gasteiger partial charge in [-0.25, -0.2) is 5.43 Å². The molecule has 4 unspecified atom stereocenters. The van der Waals surface area contributed by atoms with Crippen molar-refractivity contribution in [3.8, 4) is 0 Å². The molecule has 1 amide bonds. The molecular weight excluding hydrogens is 326 g/mol. The van der Waals surface area contributed by atoms with Gasteiger partial charge in [-0.1, -0.05) is 18.2 Å². The molecule has 2 heterocycles. The minimum Gasteiger partial charge on any atom is -0.370 e. The number of hydrogen-bond acceptors (Lipinski definition) is 5. The lowest BCUT2D eigenvalue weighted by Gasteiger charge is -2.29. The van der Waals surface area contributed by atoms with E-state index in [2.05, 4.69) is 52.5 Å². The molecule has 0 radical (unpaired) electrons. The van der Waals surface area contributed by atoms with E-state index in [0.717, 1.165) is 25.2 Å². The number of rotatable bonds is 5. The Morgan fingerprint density at radius 3 is 2.83 bits per heavy atom. The van der Waals surface area contributed by atoms with Crippen LogP contribution in [0.2, 0.25) is 0 Å². The van der Waals surface area contributed by atoms with Crippen molar-refractivity contribution >= 4 is 24.0 Å². The van der Waals surface area contributed by atoms with Gasteiger partial charge in [0, 0.05) is 43.8 Å². The molecule has 24 heavy (non-hydrogen) atoms. The molecule has 6 nitrogen and oxygen atoms in total. The highest BCUT2D eigenvalue weighted by Gasteiger charge is 2.41. The largest absolute Gasteiger partial charge is 0.370 e. The van der Waals surface area contributed by atoms with Gasteiger partial charge < -0.3 is 15.5 Å². The SMILES string of the molecule is CC(CNC(=O)C1NNC2CCNCC21)N(C)c1ccccc1.Cl. The Balaban J connectivity index is 0.00000208. The van der Waals surface area contributed by atoms with Gasteiger partial charge in [-0.2, -0.15) is 0 Å². The number of para-hydroxylation sites is 1. The summed E-state index contributed by atoms with van der Waals surface area (Å²) in [7, 11) is 2.06. The first-order valence-electron chi connectivity index (χ1n) is 8.44. The topological polar surface area (TPSA) is 68.4 Å². The molecule has 7 heteroatoms. The van der Waals surface area contributed by atoms with E-state index in [1.54, 1.807) is 0 Å². The number of benzene rings is 1. The van der Waals surface area contributed by atoms with E-state index in [0.29, 0.717) is 18.5 Å². The maximum atomic E-state index is 12.5. The summed E-state index contributed by atoms with van der Waals surface area (Å²) in [5, 5.41) is 6.47. The predicted octanol–water partition coefficient (Wildman–Crippen LogP) is 0.504. The van der Waals surface area contributed by atoms with Crippen LogP contribution in [0.25, 0.3) is 0 Å². The summed E-state index contributed by atoms with van der Waals surface area (Å²) >= 11 is 0. The molecule has 0 spiro atoms. The first kappa shape index (κ1) is 19.0. The lowest BCUT2D eigenvalue weighted by molar-refractivity contribution is -0.123. The van der Waals surface area contributed by atoms with E-state index >= 15 is 0 Å². The number of carbonyl (C=O) groups excluding carboxylic acids is 1. The zero-order valence-corrected chi connectivity index (χ0v) is 15.1. The molecule has 1 aromatic rings. The molecule has 2 fully saturated rings. The van der Waals surface area contributed by atoms with Gasteiger partial charge in [-0.3, -0.25) is 10.2 Å². The van der Waals surface area contributed by atoms with Crippen LogP contribution in [-0.4, -0.2) is 50.7 Å². The average molecular weight is 354 g/mol. The van der Waals surface area contributed by atoms with Gasteiger partial charge in [0.05, 0.1) is 0 Å². The van der Waals surface area contributed by atoms with E-state index in [1.807, 2.05) is 18.2 Å². The van der Waals surface area contributed by atoms with Crippen molar-refractivity contribution in [2.75, 3.05) is 31.6 Å². The number of carbonyl (C=O) groups is 1. The number of fused-ring (bicyclic) bond motifs is 1. The number of hydrazine groups is 1. The Labute approximate surface area is 150 Å². The van der Waals surface area contributed by atoms with Crippen molar-refractivity contribution in [3.05, 3.63) is 30.3 Å². The molecule has 2 aliphatic heterocycles. The van der Waals surface area contributed by atoms with Gasteiger partial charge in [-0.15, -0.1) is 12.4 Å². The first-order valence-corrected chi connectivity index (χ1v) is 8.44. The van der Waals surface area contributed by atoms with Crippen molar-refractivity contribution in [2.45, 2.75) is 31.5 Å². The standard InChI is InChI=1S/C17H27N5O.ClH/c1-12(22(2)13-6-4-3-5-7-13)10-19-17(23)16-14-11-18-9-8-15(14)20-21-16;/h3-7,12,14-16,18,20-21H,8-11H2,1-2H3,(H,19,23);1H. The van der Waals surface area contributed by atoms with Gasteiger partial charge in [0.25, 0.3) is 0 Å². The zero-order chi connectivity index (χ0) is 16.2. The third-order valence-electron chi connectivity index (χ3n) is 5.06. The highest BCUT2D eigenvalue weighted by atomic mass is 35.5. The average Bonchev–Trinajstić information content (AvgIpc) is 3.03. The van der Waals surface area contributed by atoms with Gasteiger partial charge in [0.15, 0.2) is 0 Å². The highest BCUT2D eigenvalue weighted by Crippen LogP contribution is 2.20. The molecule has 4 N–H and O–H groups in total. The quantitative estimate of drug-likeness (QED) is 0.621. The minimum atomic E-state index is -0.151. The van der Waals surface area contributed by atoms with Crippen molar-refractivity contribution in [1.82, 2.24) is 21.5 Å². The Morgan fingerprint density at radius 1 is 1.33 bits per heavy atom. The van der Waals surface area contributed by atoms with E-state index in [4.69, 9.17) is 0 Å². The van der Waals surface area contributed by atoms with Crippen molar-refractivity contribution < 1.29 is 4.79 Å². The molecule has 4 atom stereocenters. The number of likely N-dealkylation sites (N-methyl/N-ethyl adjacent to an activating group) is 1. The summed E-state index contributed by atoms with van der Waals surface area (Å²) in [6.07, 6.45) is 1.06. The van der Waals surface area contributed by atoms with Gasteiger partial charge in [0.2, 0.25) is 5.91 Å². The van der Waals surface area contributed by atoms with Crippen LogP contribution in [0.1, 0.15) is 13.3 Å². The van der Waals surface area contributed by atoms with E-state index in [1.165, 1.54) is 0 Å². The number of piperidine rings is 1. The van der Waals surface area contributed by atoms with Crippen LogP contribution in [0, 0.1) is 5.92 Å². The van der Waals surface area contributed by atoms with E-state index in [9.17, 15) is 4.79 Å². The van der Waals surface area contributed by atoms with Crippen molar-refractivity contribution in [3.63, 3.8) is 0 Å². The smallest absolute Gasteiger partial charge is 0.238 e. The molecule has 0 aliphatic carbocycles. The second-order valence-electron chi connectivity index (χ2n) is 6.57. The van der Waals surface area contributed by atoms with E-state index in [-0.39, 0.29) is 30.4 Å². The van der Waals surface area contributed by atoms with Crippen LogP contribution in [0.3, 0.4) is 0 Å². The Kier molecular flexibility index (Phi) is 6.86. The first-order chi connectivity index (χ1) is 11.2. The lowest BCUT2D eigenvalue weighted by Crippen LogP contribution is -2.51. The Bertz CT molecular complexity index is 529. The second-order valence-corrected chi connectivity index (χ2v) is 6.57. The van der Waals surface area contributed by atoms with Crippen LogP contribution in [0.4, 0.5) is 5.69 Å². The third kappa shape index (κ3) is 4.19. The molecule has 2 saturated heterocycles.